The zero-order valence-corrected chi connectivity index (χ0v) is 16.2. The van der Waals surface area contributed by atoms with Gasteiger partial charge < -0.3 is 14.4 Å². The molecule has 0 bridgehead atoms. The molecule has 4 nitrogen and oxygen atoms in total. The molecule has 1 heterocycles. The van der Waals surface area contributed by atoms with Crippen molar-refractivity contribution in [3.63, 3.8) is 0 Å². The fourth-order valence-corrected chi connectivity index (χ4v) is 3.89. The third kappa shape index (κ3) is 4.40. The lowest BCUT2D eigenvalue weighted by molar-refractivity contribution is 0.0786. The lowest BCUT2D eigenvalue weighted by Gasteiger charge is -2.18. The SMILES string of the molecule is CCOc1c(Cl)cc(C(=O)N(C)Cc2ccc(Br)s2)cc1OC. The van der Waals surface area contributed by atoms with E-state index in [2.05, 4.69) is 15.9 Å². The average Bonchev–Trinajstić information content (AvgIpc) is 2.93. The molecule has 0 radical (unpaired) electrons. The van der Waals surface area contributed by atoms with Crippen LogP contribution in [0.1, 0.15) is 22.2 Å². The Morgan fingerprint density at radius 1 is 1.39 bits per heavy atom. The van der Waals surface area contributed by atoms with Gasteiger partial charge in [-0.1, -0.05) is 11.6 Å². The summed E-state index contributed by atoms with van der Waals surface area (Å²) in [5.41, 5.74) is 0.466. The van der Waals surface area contributed by atoms with Crippen LogP contribution in [0.15, 0.2) is 28.1 Å². The number of carbonyl (C=O) groups excluding carboxylic acids is 1. The van der Waals surface area contributed by atoms with Crippen LogP contribution in [0.5, 0.6) is 11.5 Å². The fourth-order valence-electron chi connectivity index (χ4n) is 2.09. The fraction of sp³-hybridized carbons (Fsp3) is 0.312. The second kappa shape index (κ2) is 8.04. The molecule has 0 atom stereocenters. The molecule has 7 heteroatoms. The van der Waals surface area contributed by atoms with Crippen molar-refractivity contribution in [2.75, 3.05) is 20.8 Å². The highest BCUT2D eigenvalue weighted by molar-refractivity contribution is 9.11. The molecule has 0 aliphatic rings. The van der Waals surface area contributed by atoms with Gasteiger partial charge in [-0.2, -0.15) is 0 Å². The summed E-state index contributed by atoms with van der Waals surface area (Å²) in [4.78, 5) is 15.3. The topological polar surface area (TPSA) is 38.8 Å². The van der Waals surface area contributed by atoms with Gasteiger partial charge in [0.2, 0.25) is 0 Å². The van der Waals surface area contributed by atoms with E-state index >= 15 is 0 Å². The van der Waals surface area contributed by atoms with Crippen molar-refractivity contribution in [1.82, 2.24) is 4.90 Å². The molecular formula is C16H17BrClNO3S. The van der Waals surface area contributed by atoms with Gasteiger partial charge in [0.25, 0.3) is 5.91 Å². The van der Waals surface area contributed by atoms with Crippen LogP contribution < -0.4 is 9.47 Å². The normalized spacial score (nSPS) is 10.5. The van der Waals surface area contributed by atoms with E-state index in [9.17, 15) is 4.79 Å². The predicted molar refractivity (Wildman–Crippen MR) is 97.0 cm³/mol. The van der Waals surface area contributed by atoms with Crippen molar-refractivity contribution in [2.24, 2.45) is 0 Å². The summed E-state index contributed by atoms with van der Waals surface area (Å²) in [7, 11) is 3.28. The molecule has 0 aliphatic heterocycles. The highest BCUT2D eigenvalue weighted by Crippen LogP contribution is 2.36. The van der Waals surface area contributed by atoms with Gasteiger partial charge in [-0.05, 0) is 47.1 Å². The van der Waals surface area contributed by atoms with E-state index in [1.54, 1.807) is 35.4 Å². The predicted octanol–water partition coefficient (Wildman–Crippen LogP) is 4.84. The van der Waals surface area contributed by atoms with Gasteiger partial charge in [0.15, 0.2) is 11.5 Å². The molecule has 2 rings (SSSR count). The van der Waals surface area contributed by atoms with Gasteiger partial charge in [0.1, 0.15) is 0 Å². The van der Waals surface area contributed by atoms with Crippen LogP contribution in [0.3, 0.4) is 0 Å². The molecule has 0 aliphatic carbocycles. The number of carbonyl (C=O) groups is 1. The van der Waals surface area contributed by atoms with Gasteiger partial charge in [0.05, 0.1) is 29.1 Å². The molecule has 23 heavy (non-hydrogen) atoms. The molecule has 0 unspecified atom stereocenters. The smallest absolute Gasteiger partial charge is 0.254 e. The van der Waals surface area contributed by atoms with E-state index in [0.29, 0.717) is 35.2 Å². The van der Waals surface area contributed by atoms with Gasteiger partial charge >= 0.3 is 0 Å². The summed E-state index contributed by atoms with van der Waals surface area (Å²) >= 11 is 11.2. The second-order valence-electron chi connectivity index (χ2n) is 4.79. The van der Waals surface area contributed by atoms with Gasteiger partial charge in [-0.3, -0.25) is 4.79 Å². The van der Waals surface area contributed by atoms with E-state index in [1.807, 2.05) is 19.1 Å². The number of amides is 1. The van der Waals surface area contributed by atoms with Crippen LogP contribution in [-0.4, -0.2) is 31.6 Å². The number of nitrogens with zero attached hydrogens (tertiary/aromatic N) is 1. The van der Waals surface area contributed by atoms with Gasteiger partial charge in [-0.25, -0.2) is 0 Å². The van der Waals surface area contributed by atoms with Crippen molar-refractivity contribution >= 4 is 44.8 Å². The molecule has 1 aromatic heterocycles. The van der Waals surface area contributed by atoms with Crippen LogP contribution in [-0.2, 0) is 6.54 Å². The molecule has 0 saturated carbocycles. The molecule has 1 amide bonds. The number of ether oxygens (including phenoxy) is 2. The van der Waals surface area contributed by atoms with E-state index < -0.39 is 0 Å². The molecule has 0 spiro atoms. The number of methoxy groups -OCH3 is 1. The quantitative estimate of drug-likeness (QED) is 0.673. The number of hydrogen-bond acceptors (Lipinski definition) is 4. The number of benzene rings is 1. The van der Waals surface area contributed by atoms with Crippen LogP contribution in [0.2, 0.25) is 5.02 Å². The van der Waals surface area contributed by atoms with Crippen LogP contribution in [0.4, 0.5) is 0 Å². The van der Waals surface area contributed by atoms with E-state index in [0.717, 1.165) is 8.66 Å². The summed E-state index contributed by atoms with van der Waals surface area (Å²) in [6, 6.07) is 7.22. The Hall–Kier alpha value is -1.24. The molecule has 1 aromatic carbocycles. The van der Waals surface area contributed by atoms with Crippen molar-refractivity contribution < 1.29 is 14.3 Å². The lowest BCUT2D eigenvalue weighted by atomic mass is 10.1. The number of halogens is 2. The zero-order valence-electron chi connectivity index (χ0n) is 13.1. The first-order valence-electron chi connectivity index (χ1n) is 6.96. The van der Waals surface area contributed by atoms with Crippen molar-refractivity contribution in [2.45, 2.75) is 13.5 Å². The van der Waals surface area contributed by atoms with Crippen LogP contribution in [0.25, 0.3) is 0 Å². The minimum absolute atomic E-state index is 0.127. The van der Waals surface area contributed by atoms with Crippen LogP contribution >= 0.6 is 38.9 Å². The Kier molecular flexibility index (Phi) is 6.33. The highest BCUT2D eigenvalue weighted by Gasteiger charge is 2.18. The third-order valence-electron chi connectivity index (χ3n) is 3.13. The molecule has 0 fully saturated rings. The lowest BCUT2D eigenvalue weighted by Crippen LogP contribution is -2.25. The van der Waals surface area contributed by atoms with Gasteiger partial charge in [-0.15, -0.1) is 11.3 Å². The molecule has 2 aromatic rings. The van der Waals surface area contributed by atoms with E-state index in [4.69, 9.17) is 21.1 Å². The Labute approximate surface area is 153 Å². The standard InChI is InChI=1S/C16H17BrClNO3S/c1-4-22-15-12(18)7-10(8-13(15)21-3)16(20)19(2)9-11-5-6-14(17)23-11/h5-8H,4,9H2,1-3H3. The molecule has 0 saturated heterocycles. The summed E-state index contributed by atoms with van der Waals surface area (Å²) in [6.45, 7) is 2.86. The summed E-state index contributed by atoms with van der Waals surface area (Å²) in [5, 5.41) is 0.363. The van der Waals surface area contributed by atoms with Crippen molar-refractivity contribution in [3.05, 3.63) is 43.5 Å². The van der Waals surface area contributed by atoms with Crippen LogP contribution in [0, 0.1) is 0 Å². The first kappa shape index (κ1) is 18.1. The number of thiophene rings is 1. The van der Waals surface area contributed by atoms with Crippen molar-refractivity contribution in [1.29, 1.82) is 0 Å². The Morgan fingerprint density at radius 2 is 2.13 bits per heavy atom. The highest BCUT2D eigenvalue weighted by atomic mass is 79.9. The minimum atomic E-state index is -0.127. The average molecular weight is 419 g/mol. The summed E-state index contributed by atoms with van der Waals surface area (Å²) in [6.07, 6.45) is 0. The molecular weight excluding hydrogens is 402 g/mol. The van der Waals surface area contributed by atoms with E-state index in [1.165, 1.54) is 7.11 Å². The first-order chi connectivity index (χ1) is 11.0. The monoisotopic (exact) mass is 417 g/mol. The van der Waals surface area contributed by atoms with E-state index in [-0.39, 0.29) is 5.91 Å². The van der Waals surface area contributed by atoms with Gasteiger partial charge in [0, 0.05) is 17.5 Å². The maximum Gasteiger partial charge on any atom is 0.254 e. The number of rotatable bonds is 6. The summed E-state index contributed by atoms with van der Waals surface area (Å²) < 4.78 is 11.8. The zero-order chi connectivity index (χ0) is 17.0. The maximum atomic E-state index is 12.6. The largest absolute Gasteiger partial charge is 0.493 e. The molecule has 0 N–H and O–H groups in total. The third-order valence-corrected chi connectivity index (χ3v) is 5.02. The van der Waals surface area contributed by atoms with Crippen molar-refractivity contribution in [3.8, 4) is 11.5 Å². The minimum Gasteiger partial charge on any atom is -0.493 e. The second-order valence-corrected chi connectivity index (χ2v) is 7.74. The Bertz CT molecular complexity index is 705. The number of hydrogen-bond donors (Lipinski definition) is 0. The first-order valence-corrected chi connectivity index (χ1v) is 8.95. The Morgan fingerprint density at radius 3 is 2.70 bits per heavy atom. The molecule has 124 valence electrons. The Balaban J connectivity index is 2.22. The maximum absolute atomic E-state index is 12.6. The summed E-state index contributed by atoms with van der Waals surface area (Å²) in [5.74, 6) is 0.783.